The van der Waals surface area contributed by atoms with Crippen LogP contribution in [0.15, 0.2) is 158 Å². The summed E-state index contributed by atoms with van der Waals surface area (Å²) in [7, 11) is 0. The van der Waals surface area contributed by atoms with Crippen molar-refractivity contribution in [3.63, 3.8) is 0 Å². The molecule has 0 amide bonds. The van der Waals surface area contributed by atoms with Crippen LogP contribution in [0.1, 0.15) is 81.3 Å². The van der Waals surface area contributed by atoms with E-state index in [9.17, 15) is 0 Å². The van der Waals surface area contributed by atoms with E-state index in [2.05, 4.69) is 172 Å². The van der Waals surface area contributed by atoms with Gasteiger partial charge in [-0.05, 0) is 84.0 Å². The van der Waals surface area contributed by atoms with E-state index in [1.165, 1.54) is 55.6 Å². The molecule has 0 N–H and O–H groups in total. The SMILES string of the molecule is Cc1ccc2c(c1)C1(CCC2(c2ccccc2)c2ccccc2)CCC(c2ccccc2)(c2ccccc2)c2cc(C)ccc21. The van der Waals surface area contributed by atoms with Crippen LogP contribution in [0.5, 0.6) is 0 Å². The third-order valence-electron chi connectivity index (χ3n) is 11.2. The van der Waals surface area contributed by atoms with Gasteiger partial charge < -0.3 is 0 Å². The minimum Gasteiger partial charge on any atom is -0.0622 e. The van der Waals surface area contributed by atoms with Crippen LogP contribution < -0.4 is 0 Å². The van der Waals surface area contributed by atoms with Crippen LogP contribution in [0.25, 0.3) is 0 Å². The first-order valence-corrected chi connectivity index (χ1v) is 16.5. The summed E-state index contributed by atoms with van der Waals surface area (Å²) in [5, 5.41) is 0. The van der Waals surface area contributed by atoms with E-state index in [1.54, 1.807) is 0 Å². The van der Waals surface area contributed by atoms with Gasteiger partial charge in [-0.25, -0.2) is 0 Å². The van der Waals surface area contributed by atoms with E-state index in [0.29, 0.717) is 0 Å². The van der Waals surface area contributed by atoms with Gasteiger partial charge in [0.15, 0.2) is 0 Å². The summed E-state index contributed by atoms with van der Waals surface area (Å²) in [6.07, 6.45) is 4.33. The van der Waals surface area contributed by atoms with E-state index in [4.69, 9.17) is 0 Å². The van der Waals surface area contributed by atoms with Crippen LogP contribution in [0.2, 0.25) is 0 Å². The maximum Gasteiger partial charge on any atom is 0.0454 e. The van der Waals surface area contributed by atoms with Crippen LogP contribution in [-0.2, 0) is 16.2 Å². The van der Waals surface area contributed by atoms with Gasteiger partial charge in [0.1, 0.15) is 0 Å². The molecule has 8 rings (SSSR count). The number of hydrogen-bond donors (Lipinski definition) is 0. The molecule has 6 aromatic carbocycles. The van der Waals surface area contributed by atoms with E-state index < -0.39 is 0 Å². The molecule has 0 saturated carbocycles. The van der Waals surface area contributed by atoms with Crippen molar-refractivity contribution in [2.24, 2.45) is 0 Å². The van der Waals surface area contributed by atoms with E-state index in [0.717, 1.165) is 25.7 Å². The molecule has 1 spiro atoms. The van der Waals surface area contributed by atoms with Gasteiger partial charge in [0.2, 0.25) is 0 Å². The standard InChI is InChI=1S/C45H40/c1-33-24-26-40-41(31-33)43(27-29-44(40,35-15-7-3-8-16-35)36-17-9-4-10-18-36)28-30-45(37-19-11-5-12-20-37,38-21-13-6-14-22-38)42-32-34(2)23-25-39(42)43/h3-26,31-32H,27-30H2,1-2H3. The molecule has 2 aliphatic carbocycles. The molecule has 0 heterocycles. The summed E-state index contributed by atoms with van der Waals surface area (Å²) in [5.74, 6) is 0. The quantitative estimate of drug-likeness (QED) is 0.195. The van der Waals surface area contributed by atoms with E-state index in [1.807, 2.05) is 0 Å². The molecule has 0 nitrogen and oxygen atoms in total. The summed E-state index contributed by atoms with van der Waals surface area (Å²) in [6.45, 7) is 4.53. The van der Waals surface area contributed by atoms with Crippen LogP contribution >= 0.6 is 0 Å². The lowest BCUT2D eigenvalue weighted by atomic mass is 9.48. The van der Waals surface area contributed by atoms with Crippen LogP contribution in [-0.4, -0.2) is 0 Å². The molecule has 0 aromatic heterocycles. The van der Waals surface area contributed by atoms with Crippen LogP contribution in [0, 0.1) is 13.8 Å². The Morgan fingerprint density at radius 3 is 1.11 bits per heavy atom. The summed E-state index contributed by atoms with van der Waals surface area (Å²) in [4.78, 5) is 0. The highest BCUT2D eigenvalue weighted by Crippen LogP contribution is 2.62. The lowest BCUT2D eigenvalue weighted by Gasteiger charge is -2.55. The van der Waals surface area contributed by atoms with Gasteiger partial charge in [-0.3, -0.25) is 0 Å². The Labute approximate surface area is 268 Å². The third-order valence-corrected chi connectivity index (χ3v) is 11.2. The topological polar surface area (TPSA) is 0 Å². The predicted octanol–water partition coefficient (Wildman–Crippen LogP) is 10.8. The van der Waals surface area contributed by atoms with Gasteiger partial charge in [0.05, 0.1) is 0 Å². The molecule has 0 radical (unpaired) electrons. The molecular formula is C45H40. The monoisotopic (exact) mass is 580 g/mol. The lowest BCUT2D eigenvalue weighted by molar-refractivity contribution is 0.296. The van der Waals surface area contributed by atoms with Gasteiger partial charge in [0.25, 0.3) is 0 Å². The molecule has 0 saturated heterocycles. The molecule has 45 heavy (non-hydrogen) atoms. The Kier molecular flexibility index (Phi) is 6.64. The second kappa shape index (κ2) is 10.7. The molecule has 0 bridgehead atoms. The maximum absolute atomic E-state index is 2.54. The Bertz CT molecular complexity index is 1870. The summed E-state index contributed by atoms with van der Waals surface area (Å²) >= 11 is 0. The van der Waals surface area contributed by atoms with Gasteiger partial charge in [-0.2, -0.15) is 0 Å². The number of fused-ring (bicyclic) bond motifs is 4. The lowest BCUT2D eigenvalue weighted by Crippen LogP contribution is -2.48. The normalized spacial score (nSPS) is 19.4. The Morgan fingerprint density at radius 2 is 0.689 bits per heavy atom. The fourth-order valence-corrected chi connectivity index (χ4v) is 9.16. The Balaban J connectivity index is 1.43. The highest BCUT2D eigenvalue weighted by molar-refractivity contribution is 5.65. The minimum atomic E-state index is -0.202. The molecule has 6 aromatic rings. The molecular weight excluding hydrogens is 540 g/mol. The number of hydrogen-bond acceptors (Lipinski definition) is 0. The van der Waals surface area contributed by atoms with Crippen LogP contribution in [0.3, 0.4) is 0 Å². The number of benzene rings is 6. The summed E-state index contributed by atoms with van der Waals surface area (Å²) < 4.78 is 0. The smallest absolute Gasteiger partial charge is 0.0454 e. The third kappa shape index (κ3) is 4.12. The summed E-state index contributed by atoms with van der Waals surface area (Å²) in [6, 6.07) is 59.8. The Hall–Kier alpha value is -4.68. The van der Waals surface area contributed by atoms with Crippen molar-refractivity contribution in [2.45, 2.75) is 55.8 Å². The zero-order valence-electron chi connectivity index (χ0n) is 26.3. The fraction of sp³-hybridized carbons (Fsp3) is 0.200. The number of rotatable bonds is 4. The molecule has 220 valence electrons. The first kappa shape index (κ1) is 27.8. The van der Waals surface area contributed by atoms with Crippen molar-refractivity contribution >= 4 is 0 Å². The molecule has 0 fully saturated rings. The van der Waals surface area contributed by atoms with Crippen molar-refractivity contribution in [3.8, 4) is 0 Å². The highest BCUT2D eigenvalue weighted by Gasteiger charge is 2.54. The average Bonchev–Trinajstić information content (AvgIpc) is 3.10. The predicted molar refractivity (Wildman–Crippen MR) is 187 cm³/mol. The second-order valence-corrected chi connectivity index (χ2v) is 13.5. The fourth-order valence-electron chi connectivity index (χ4n) is 9.16. The van der Waals surface area contributed by atoms with E-state index in [-0.39, 0.29) is 16.2 Å². The Morgan fingerprint density at radius 1 is 0.333 bits per heavy atom. The van der Waals surface area contributed by atoms with Gasteiger partial charge in [0, 0.05) is 16.2 Å². The van der Waals surface area contributed by atoms with Crippen molar-refractivity contribution in [3.05, 3.63) is 213 Å². The van der Waals surface area contributed by atoms with Gasteiger partial charge in [-0.1, -0.05) is 169 Å². The van der Waals surface area contributed by atoms with Crippen molar-refractivity contribution in [1.82, 2.24) is 0 Å². The van der Waals surface area contributed by atoms with Crippen molar-refractivity contribution in [1.29, 1.82) is 0 Å². The highest BCUT2D eigenvalue weighted by atomic mass is 14.6. The maximum atomic E-state index is 2.54. The van der Waals surface area contributed by atoms with Gasteiger partial charge in [-0.15, -0.1) is 0 Å². The second-order valence-electron chi connectivity index (χ2n) is 13.5. The first-order valence-electron chi connectivity index (χ1n) is 16.5. The molecule has 0 aliphatic heterocycles. The zero-order valence-corrected chi connectivity index (χ0v) is 26.3. The first-order chi connectivity index (χ1) is 22.1. The van der Waals surface area contributed by atoms with Gasteiger partial charge >= 0.3 is 0 Å². The van der Waals surface area contributed by atoms with Crippen molar-refractivity contribution < 1.29 is 0 Å². The largest absolute Gasteiger partial charge is 0.0622 e. The van der Waals surface area contributed by atoms with Crippen molar-refractivity contribution in [2.75, 3.05) is 0 Å². The molecule has 1 atom stereocenters. The average molecular weight is 581 g/mol. The van der Waals surface area contributed by atoms with E-state index >= 15 is 0 Å². The summed E-state index contributed by atoms with van der Waals surface area (Å²) in [5.41, 5.74) is 13.7. The molecule has 2 aliphatic rings. The van der Waals surface area contributed by atoms with Crippen LogP contribution in [0.4, 0.5) is 0 Å². The number of aryl methyl sites for hydroxylation is 2. The zero-order chi connectivity index (χ0) is 30.5. The molecule has 1 unspecified atom stereocenters. The minimum absolute atomic E-state index is 0.0650. The molecule has 0 heteroatoms.